The first-order valence-corrected chi connectivity index (χ1v) is 5.68. The number of carbonyl (C=O) groups is 1. The number of methoxy groups -OCH3 is 2. The fraction of sp³-hybridized carbons (Fsp3) is 0.462. The SMILES string of the molecule is COc1ccc(OC)c(NC(=O)[C@H]2C[C@@H]2C)c1. The average molecular weight is 235 g/mol. The largest absolute Gasteiger partial charge is 0.497 e. The van der Waals surface area contributed by atoms with Gasteiger partial charge in [-0.05, 0) is 24.5 Å². The summed E-state index contributed by atoms with van der Waals surface area (Å²) in [6, 6.07) is 5.35. The van der Waals surface area contributed by atoms with Crippen molar-refractivity contribution in [2.75, 3.05) is 19.5 Å². The van der Waals surface area contributed by atoms with Gasteiger partial charge in [-0.25, -0.2) is 0 Å². The van der Waals surface area contributed by atoms with Crippen LogP contribution in [0, 0.1) is 11.8 Å². The standard InChI is InChI=1S/C13H17NO3/c1-8-6-10(8)13(15)14-11-7-9(16-2)4-5-12(11)17-3/h4-5,7-8,10H,6H2,1-3H3,(H,14,15)/t8-,10-/m0/s1. The van der Waals surface area contributed by atoms with Crippen LogP contribution in [0.25, 0.3) is 0 Å². The van der Waals surface area contributed by atoms with Gasteiger partial charge in [0.2, 0.25) is 5.91 Å². The Morgan fingerprint density at radius 2 is 2.06 bits per heavy atom. The van der Waals surface area contributed by atoms with Crippen molar-refractivity contribution in [3.05, 3.63) is 18.2 Å². The lowest BCUT2D eigenvalue weighted by Gasteiger charge is -2.11. The predicted octanol–water partition coefficient (Wildman–Crippen LogP) is 2.30. The van der Waals surface area contributed by atoms with Crippen molar-refractivity contribution in [1.29, 1.82) is 0 Å². The Balaban J connectivity index is 2.15. The van der Waals surface area contributed by atoms with Gasteiger partial charge in [-0.2, -0.15) is 0 Å². The normalized spacial score (nSPS) is 21.8. The molecular weight excluding hydrogens is 218 g/mol. The van der Waals surface area contributed by atoms with Gasteiger partial charge in [0.25, 0.3) is 0 Å². The zero-order valence-corrected chi connectivity index (χ0v) is 10.3. The smallest absolute Gasteiger partial charge is 0.227 e. The molecule has 0 saturated heterocycles. The van der Waals surface area contributed by atoms with Crippen LogP contribution < -0.4 is 14.8 Å². The van der Waals surface area contributed by atoms with Gasteiger partial charge in [0.15, 0.2) is 0 Å². The number of benzene rings is 1. The number of amides is 1. The van der Waals surface area contributed by atoms with E-state index in [0.29, 0.717) is 23.1 Å². The first-order valence-electron chi connectivity index (χ1n) is 5.68. The minimum atomic E-state index is 0.0593. The average Bonchev–Trinajstić information content (AvgIpc) is 3.06. The van der Waals surface area contributed by atoms with Crippen LogP contribution in [0.5, 0.6) is 11.5 Å². The van der Waals surface area contributed by atoms with E-state index in [1.807, 2.05) is 0 Å². The highest BCUT2D eigenvalue weighted by Crippen LogP contribution is 2.39. The molecule has 1 aliphatic carbocycles. The number of rotatable bonds is 4. The number of anilines is 1. The second-order valence-electron chi connectivity index (χ2n) is 4.37. The number of hydrogen-bond donors (Lipinski definition) is 1. The highest BCUT2D eigenvalue weighted by molar-refractivity contribution is 5.95. The molecule has 0 spiro atoms. The third kappa shape index (κ3) is 2.52. The molecule has 1 aromatic rings. The summed E-state index contributed by atoms with van der Waals surface area (Å²) in [5.74, 6) is 2.04. The van der Waals surface area contributed by atoms with Crippen molar-refractivity contribution in [3.8, 4) is 11.5 Å². The molecule has 1 amide bonds. The lowest BCUT2D eigenvalue weighted by molar-refractivity contribution is -0.117. The van der Waals surface area contributed by atoms with Crippen LogP contribution in [0.4, 0.5) is 5.69 Å². The molecule has 17 heavy (non-hydrogen) atoms. The number of ether oxygens (including phenoxy) is 2. The summed E-state index contributed by atoms with van der Waals surface area (Å²) in [5.41, 5.74) is 0.663. The van der Waals surface area contributed by atoms with E-state index in [1.165, 1.54) is 0 Å². The molecule has 1 N–H and O–H groups in total. The Bertz CT molecular complexity index is 431. The van der Waals surface area contributed by atoms with Crippen molar-refractivity contribution in [2.24, 2.45) is 11.8 Å². The molecule has 1 saturated carbocycles. The van der Waals surface area contributed by atoms with Crippen molar-refractivity contribution in [3.63, 3.8) is 0 Å². The molecule has 0 bridgehead atoms. The minimum absolute atomic E-state index is 0.0593. The molecule has 4 nitrogen and oxygen atoms in total. The number of carbonyl (C=O) groups excluding carboxylic acids is 1. The van der Waals surface area contributed by atoms with E-state index in [2.05, 4.69) is 12.2 Å². The van der Waals surface area contributed by atoms with Gasteiger partial charge in [0, 0.05) is 12.0 Å². The summed E-state index contributed by atoms with van der Waals surface area (Å²) in [5, 5.41) is 2.88. The van der Waals surface area contributed by atoms with Crippen molar-refractivity contribution < 1.29 is 14.3 Å². The zero-order chi connectivity index (χ0) is 12.4. The van der Waals surface area contributed by atoms with Gasteiger partial charge in [-0.3, -0.25) is 4.79 Å². The van der Waals surface area contributed by atoms with Crippen molar-refractivity contribution >= 4 is 11.6 Å². The van der Waals surface area contributed by atoms with E-state index in [-0.39, 0.29) is 11.8 Å². The molecular formula is C13H17NO3. The highest BCUT2D eigenvalue weighted by atomic mass is 16.5. The fourth-order valence-electron chi connectivity index (χ4n) is 1.82. The summed E-state index contributed by atoms with van der Waals surface area (Å²) in [6.45, 7) is 2.08. The first-order chi connectivity index (χ1) is 8.15. The summed E-state index contributed by atoms with van der Waals surface area (Å²) >= 11 is 0. The summed E-state index contributed by atoms with van der Waals surface area (Å²) in [7, 11) is 3.17. The Morgan fingerprint density at radius 1 is 1.35 bits per heavy atom. The first kappa shape index (κ1) is 11.8. The van der Waals surface area contributed by atoms with Crippen molar-refractivity contribution in [2.45, 2.75) is 13.3 Å². The Labute approximate surface area is 101 Å². The Hall–Kier alpha value is -1.71. The Morgan fingerprint density at radius 3 is 2.59 bits per heavy atom. The zero-order valence-electron chi connectivity index (χ0n) is 10.3. The molecule has 1 fully saturated rings. The Kier molecular flexibility index (Phi) is 3.22. The molecule has 2 atom stereocenters. The molecule has 4 heteroatoms. The molecule has 2 rings (SSSR count). The van der Waals surface area contributed by atoms with Crippen LogP contribution in [-0.2, 0) is 4.79 Å². The maximum absolute atomic E-state index is 11.8. The maximum Gasteiger partial charge on any atom is 0.227 e. The highest BCUT2D eigenvalue weighted by Gasteiger charge is 2.39. The minimum Gasteiger partial charge on any atom is -0.497 e. The fourth-order valence-corrected chi connectivity index (χ4v) is 1.82. The maximum atomic E-state index is 11.8. The van der Waals surface area contributed by atoms with Gasteiger partial charge in [-0.15, -0.1) is 0 Å². The van der Waals surface area contributed by atoms with Gasteiger partial charge in [0.05, 0.1) is 19.9 Å². The number of nitrogens with one attached hydrogen (secondary N) is 1. The topological polar surface area (TPSA) is 47.6 Å². The van der Waals surface area contributed by atoms with Crippen LogP contribution in [0.1, 0.15) is 13.3 Å². The van der Waals surface area contributed by atoms with E-state index >= 15 is 0 Å². The monoisotopic (exact) mass is 235 g/mol. The molecule has 1 aromatic carbocycles. The summed E-state index contributed by atoms with van der Waals surface area (Å²) < 4.78 is 10.3. The van der Waals surface area contributed by atoms with Crippen LogP contribution in [0.3, 0.4) is 0 Å². The second kappa shape index (κ2) is 4.65. The van der Waals surface area contributed by atoms with Crippen LogP contribution in [0.15, 0.2) is 18.2 Å². The van der Waals surface area contributed by atoms with Crippen LogP contribution in [-0.4, -0.2) is 20.1 Å². The van der Waals surface area contributed by atoms with E-state index in [9.17, 15) is 4.79 Å². The molecule has 1 aliphatic rings. The predicted molar refractivity (Wildman–Crippen MR) is 65.4 cm³/mol. The lowest BCUT2D eigenvalue weighted by Crippen LogP contribution is -2.15. The molecule has 0 aromatic heterocycles. The summed E-state index contributed by atoms with van der Waals surface area (Å²) in [4.78, 5) is 11.8. The van der Waals surface area contributed by atoms with E-state index in [4.69, 9.17) is 9.47 Å². The van der Waals surface area contributed by atoms with E-state index < -0.39 is 0 Å². The van der Waals surface area contributed by atoms with E-state index in [0.717, 1.165) is 6.42 Å². The van der Waals surface area contributed by atoms with Gasteiger partial charge in [0.1, 0.15) is 11.5 Å². The molecule has 0 unspecified atom stereocenters. The van der Waals surface area contributed by atoms with Crippen molar-refractivity contribution in [1.82, 2.24) is 0 Å². The second-order valence-corrected chi connectivity index (χ2v) is 4.37. The number of hydrogen-bond acceptors (Lipinski definition) is 3. The quantitative estimate of drug-likeness (QED) is 0.871. The molecule has 92 valence electrons. The van der Waals surface area contributed by atoms with Gasteiger partial charge < -0.3 is 14.8 Å². The third-order valence-electron chi connectivity index (χ3n) is 3.11. The lowest BCUT2D eigenvalue weighted by atomic mass is 10.2. The molecule has 0 heterocycles. The third-order valence-corrected chi connectivity index (χ3v) is 3.11. The van der Waals surface area contributed by atoms with E-state index in [1.54, 1.807) is 32.4 Å². The van der Waals surface area contributed by atoms with Gasteiger partial charge in [-0.1, -0.05) is 6.92 Å². The van der Waals surface area contributed by atoms with Crippen LogP contribution >= 0.6 is 0 Å². The van der Waals surface area contributed by atoms with Gasteiger partial charge >= 0.3 is 0 Å². The summed E-state index contributed by atoms with van der Waals surface area (Å²) in [6.07, 6.45) is 0.970. The van der Waals surface area contributed by atoms with Crippen LogP contribution in [0.2, 0.25) is 0 Å². The molecule has 0 aliphatic heterocycles. The molecule has 0 radical (unpaired) electrons.